The molecule has 0 saturated carbocycles. The Morgan fingerprint density at radius 2 is 1.62 bits per heavy atom. The highest BCUT2D eigenvalue weighted by molar-refractivity contribution is 6.06. The molecule has 2 aromatic carbocycles. The van der Waals surface area contributed by atoms with Gasteiger partial charge in [-0.25, -0.2) is 0 Å². The average molecular weight is 386 g/mol. The summed E-state index contributed by atoms with van der Waals surface area (Å²) in [7, 11) is 0. The molecule has 2 aliphatic carbocycles. The van der Waals surface area contributed by atoms with E-state index >= 15 is 0 Å². The van der Waals surface area contributed by atoms with Gasteiger partial charge in [-0.15, -0.1) is 0 Å². The predicted molar refractivity (Wildman–Crippen MR) is 110 cm³/mol. The van der Waals surface area contributed by atoms with E-state index < -0.39 is 0 Å². The predicted octanol–water partition coefficient (Wildman–Crippen LogP) is 3.54. The van der Waals surface area contributed by atoms with Crippen LogP contribution in [0.15, 0.2) is 54.6 Å². The smallest absolute Gasteiger partial charge is 0.233 e. The lowest BCUT2D eigenvalue weighted by molar-refractivity contribution is -0.140. The highest BCUT2D eigenvalue weighted by atomic mass is 16.2. The maximum Gasteiger partial charge on any atom is 0.233 e. The largest absolute Gasteiger partial charge is 0.326 e. The number of carbonyl (C=O) groups is 3. The second-order valence-electron chi connectivity index (χ2n) is 7.99. The van der Waals surface area contributed by atoms with Gasteiger partial charge in [-0.05, 0) is 53.6 Å². The van der Waals surface area contributed by atoms with E-state index in [1.54, 1.807) is 0 Å². The minimum atomic E-state index is -0.242. The number of hydrogen-bond donors (Lipinski definition) is 1. The van der Waals surface area contributed by atoms with E-state index in [1.807, 2.05) is 42.5 Å². The van der Waals surface area contributed by atoms with Crippen molar-refractivity contribution in [2.24, 2.45) is 11.8 Å². The first-order chi connectivity index (χ1) is 14.1. The molecule has 5 rings (SSSR count). The van der Waals surface area contributed by atoms with E-state index in [-0.39, 0.29) is 42.5 Å². The van der Waals surface area contributed by atoms with Crippen molar-refractivity contribution in [1.82, 2.24) is 4.90 Å². The number of nitrogens with zero attached hydrogens (tertiary/aromatic N) is 1. The van der Waals surface area contributed by atoms with Crippen molar-refractivity contribution < 1.29 is 14.4 Å². The number of imide groups is 1. The molecule has 0 radical (unpaired) electrons. The van der Waals surface area contributed by atoms with Crippen molar-refractivity contribution in [3.05, 3.63) is 65.7 Å². The molecule has 1 saturated heterocycles. The number of hydrogen-bond acceptors (Lipinski definition) is 3. The van der Waals surface area contributed by atoms with Gasteiger partial charge in [0, 0.05) is 18.7 Å². The number of carbonyl (C=O) groups excluding carboxylic acids is 3. The molecule has 0 bridgehead atoms. The standard InChI is InChI=1S/C24H22N2O3/c27-22(11-12-26-23(28)20-7-3-4-8-21(20)24(26)29)25-17-9-10-19-16(14-17)13-15-5-1-2-6-18(15)19/h1-6,9-10,14,20-21H,7-8,11-13H2,(H,25,27)/t20-,21+. The van der Waals surface area contributed by atoms with Crippen LogP contribution in [0.4, 0.5) is 5.69 Å². The molecule has 1 heterocycles. The SMILES string of the molecule is O=C(CCN1C(=O)[C@H]2CC=CC[C@H]2C1=O)Nc1ccc2c(c1)Cc1ccccc1-2. The van der Waals surface area contributed by atoms with E-state index in [1.165, 1.54) is 27.2 Å². The van der Waals surface area contributed by atoms with Gasteiger partial charge in [0.15, 0.2) is 0 Å². The summed E-state index contributed by atoms with van der Waals surface area (Å²) >= 11 is 0. The van der Waals surface area contributed by atoms with Gasteiger partial charge >= 0.3 is 0 Å². The van der Waals surface area contributed by atoms with E-state index in [0.717, 1.165) is 12.1 Å². The van der Waals surface area contributed by atoms with Crippen molar-refractivity contribution in [2.45, 2.75) is 25.7 Å². The Bertz CT molecular complexity index is 1030. The summed E-state index contributed by atoms with van der Waals surface area (Å²) in [5.74, 6) is -0.934. The molecule has 5 nitrogen and oxygen atoms in total. The number of fused-ring (bicyclic) bond motifs is 4. The summed E-state index contributed by atoms with van der Waals surface area (Å²) in [6.07, 6.45) is 6.15. The fraction of sp³-hybridized carbons (Fsp3) is 0.292. The zero-order valence-electron chi connectivity index (χ0n) is 16.1. The van der Waals surface area contributed by atoms with Crippen LogP contribution in [0.2, 0.25) is 0 Å². The Kier molecular flexibility index (Phi) is 4.31. The second-order valence-corrected chi connectivity index (χ2v) is 7.99. The summed E-state index contributed by atoms with van der Waals surface area (Å²) in [6, 6.07) is 14.3. The molecule has 2 aromatic rings. The molecule has 0 spiro atoms. The van der Waals surface area contributed by atoms with Gasteiger partial charge in [0.05, 0.1) is 11.8 Å². The lowest BCUT2D eigenvalue weighted by Crippen LogP contribution is -2.34. The zero-order chi connectivity index (χ0) is 20.0. The first-order valence-electron chi connectivity index (χ1n) is 10.1. The van der Waals surface area contributed by atoms with Crippen molar-refractivity contribution in [1.29, 1.82) is 0 Å². The molecular weight excluding hydrogens is 364 g/mol. The van der Waals surface area contributed by atoms with Crippen LogP contribution in [0.5, 0.6) is 0 Å². The number of benzene rings is 2. The summed E-state index contributed by atoms with van der Waals surface area (Å²) < 4.78 is 0. The van der Waals surface area contributed by atoms with Crippen LogP contribution in [-0.4, -0.2) is 29.2 Å². The minimum Gasteiger partial charge on any atom is -0.326 e. The van der Waals surface area contributed by atoms with Gasteiger partial charge < -0.3 is 5.32 Å². The summed E-state index contributed by atoms with van der Waals surface area (Å²) in [5, 5.41) is 2.91. The molecule has 3 aliphatic rings. The van der Waals surface area contributed by atoms with E-state index in [4.69, 9.17) is 0 Å². The lowest BCUT2D eigenvalue weighted by Gasteiger charge is -2.14. The molecule has 1 N–H and O–H groups in total. The number of rotatable bonds is 4. The quantitative estimate of drug-likeness (QED) is 0.551. The van der Waals surface area contributed by atoms with Crippen LogP contribution in [0.3, 0.4) is 0 Å². The van der Waals surface area contributed by atoms with E-state index in [2.05, 4.69) is 17.4 Å². The Morgan fingerprint density at radius 3 is 2.38 bits per heavy atom. The Hall–Kier alpha value is -3.21. The third-order valence-electron chi connectivity index (χ3n) is 6.24. The Balaban J connectivity index is 1.22. The van der Waals surface area contributed by atoms with Crippen LogP contribution in [0, 0.1) is 11.8 Å². The average Bonchev–Trinajstić information content (AvgIpc) is 3.22. The van der Waals surface area contributed by atoms with Crippen LogP contribution in [-0.2, 0) is 20.8 Å². The molecule has 1 aliphatic heterocycles. The number of likely N-dealkylation sites (tertiary alicyclic amines) is 1. The van der Waals surface area contributed by atoms with Crippen LogP contribution >= 0.6 is 0 Å². The fourth-order valence-electron chi connectivity index (χ4n) is 4.75. The molecule has 3 amide bonds. The number of amides is 3. The maximum atomic E-state index is 12.5. The Morgan fingerprint density at radius 1 is 0.931 bits per heavy atom. The van der Waals surface area contributed by atoms with Gasteiger partial charge in [0.2, 0.25) is 17.7 Å². The molecule has 0 unspecified atom stereocenters. The maximum absolute atomic E-state index is 12.5. The monoisotopic (exact) mass is 386 g/mol. The van der Waals surface area contributed by atoms with E-state index in [9.17, 15) is 14.4 Å². The second kappa shape index (κ2) is 6.99. The van der Waals surface area contributed by atoms with Crippen molar-refractivity contribution in [2.75, 3.05) is 11.9 Å². The molecule has 1 fully saturated rings. The fourth-order valence-corrected chi connectivity index (χ4v) is 4.75. The van der Waals surface area contributed by atoms with Gasteiger partial charge in [0.25, 0.3) is 0 Å². The highest BCUT2D eigenvalue weighted by Crippen LogP contribution is 2.38. The summed E-state index contributed by atoms with van der Waals surface area (Å²) in [6.45, 7) is 0.146. The first kappa shape index (κ1) is 17.9. The summed E-state index contributed by atoms with van der Waals surface area (Å²) in [5.41, 5.74) is 5.71. The third-order valence-corrected chi connectivity index (χ3v) is 6.24. The van der Waals surface area contributed by atoms with Crippen LogP contribution in [0.25, 0.3) is 11.1 Å². The third kappa shape index (κ3) is 3.07. The number of nitrogens with one attached hydrogen (secondary N) is 1. The van der Waals surface area contributed by atoms with Crippen LogP contribution < -0.4 is 5.32 Å². The normalized spacial score (nSPS) is 21.7. The van der Waals surface area contributed by atoms with Crippen LogP contribution in [0.1, 0.15) is 30.4 Å². The molecule has 2 atom stereocenters. The molecule has 5 heteroatoms. The molecule has 29 heavy (non-hydrogen) atoms. The zero-order valence-corrected chi connectivity index (χ0v) is 16.1. The topological polar surface area (TPSA) is 66.5 Å². The van der Waals surface area contributed by atoms with E-state index in [0.29, 0.717) is 12.8 Å². The van der Waals surface area contributed by atoms with Crippen molar-refractivity contribution in [3.63, 3.8) is 0 Å². The van der Waals surface area contributed by atoms with Gasteiger partial charge in [0.1, 0.15) is 0 Å². The number of anilines is 1. The molecular formula is C24H22N2O3. The highest BCUT2D eigenvalue weighted by Gasteiger charge is 2.46. The number of allylic oxidation sites excluding steroid dienone is 2. The van der Waals surface area contributed by atoms with Crippen molar-refractivity contribution in [3.8, 4) is 11.1 Å². The van der Waals surface area contributed by atoms with Gasteiger partial charge in [-0.3, -0.25) is 19.3 Å². The molecule has 146 valence electrons. The van der Waals surface area contributed by atoms with Gasteiger partial charge in [-0.1, -0.05) is 42.5 Å². The van der Waals surface area contributed by atoms with Crippen molar-refractivity contribution >= 4 is 23.4 Å². The first-order valence-corrected chi connectivity index (χ1v) is 10.1. The Labute approximate surface area is 169 Å². The summed E-state index contributed by atoms with van der Waals surface area (Å²) in [4.78, 5) is 38.7. The lowest BCUT2D eigenvalue weighted by atomic mass is 9.85. The minimum absolute atomic E-state index is 0.113. The molecule has 0 aromatic heterocycles. The van der Waals surface area contributed by atoms with Gasteiger partial charge in [-0.2, -0.15) is 0 Å².